The highest BCUT2D eigenvalue weighted by Gasteiger charge is 2.36. The molecule has 0 spiro atoms. The second kappa shape index (κ2) is 4.33. The van der Waals surface area contributed by atoms with Crippen LogP contribution in [0.15, 0.2) is 0 Å². The highest BCUT2D eigenvalue weighted by molar-refractivity contribution is 5.90. The van der Waals surface area contributed by atoms with E-state index >= 15 is 0 Å². The lowest BCUT2D eigenvalue weighted by molar-refractivity contribution is -0.137. The first-order valence-corrected chi connectivity index (χ1v) is 6.01. The van der Waals surface area contributed by atoms with Crippen molar-refractivity contribution in [2.45, 2.75) is 51.5 Å². The van der Waals surface area contributed by atoms with Gasteiger partial charge in [-0.25, -0.2) is 0 Å². The predicted octanol–water partition coefficient (Wildman–Crippen LogP) is 1.76. The van der Waals surface area contributed by atoms with Crippen LogP contribution in [0.4, 0.5) is 0 Å². The van der Waals surface area contributed by atoms with Gasteiger partial charge in [-0.15, -0.1) is 0 Å². The maximum Gasteiger partial charge on any atom is 0.220 e. The summed E-state index contributed by atoms with van der Waals surface area (Å²) >= 11 is 0. The molecule has 84 valence electrons. The van der Waals surface area contributed by atoms with Gasteiger partial charge in [-0.05, 0) is 25.7 Å². The van der Waals surface area contributed by atoms with Crippen molar-refractivity contribution in [3.63, 3.8) is 0 Å². The number of nitrogens with zero attached hydrogens (tertiary/aromatic N) is 1. The summed E-state index contributed by atoms with van der Waals surface area (Å²) < 4.78 is 0. The van der Waals surface area contributed by atoms with Crippen molar-refractivity contribution in [1.82, 2.24) is 4.90 Å². The molecule has 3 nitrogen and oxygen atoms in total. The average molecular weight is 209 g/mol. The van der Waals surface area contributed by atoms with Gasteiger partial charge in [0.1, 0.15) is 0 Å². The SMILES string of the molecule is CC(=O)N1CCCC1C(=O)C1CCCC1. The Balaban J connectivity index is 2.02. The van der Waals surface area contributed by atoms with E-state index in [4.69, 9.17) is 0 Å². The Bertz CT molecular complexity index is 269. The van der Waals surface area contributed by atoms with Crippen LogP contribution in [-0.2, 0) is 9.59 Å². The van der Waals surface area contributed by atoms with Crippen molar-refractivity contribution < 1.29 is 9.59 Å². The lowest BCUT2D eigenvalue weighted by atomic mass is 9.95. The molecule has 2 aliphatic rings. The largest absolute Gasteiger partial charge is 0.333 e. The average Bonchev–Trinajstić information content (AvgIpc) is 2.88. The molecular weight excluding hydrogens is 190 g/mol. The molecule has 1 aliphatic heterocycles. The summed E-state index contributed by atoms with van der Waals surface area (Å²) in [5.41, 5.74) is 0. The van der Waals surface area contributed by atoms with Gasteiger partial charge in [0.2, 0.25) is 5.91 Å². The smallest absolute Gasteiger partial charge is 0.220 e. The van der Waals surface area contributed by atoms with Gasteiger partial charge in [-0.2, -0.15) is 0 Å². The van der Waals surface area contributed by atoms with Crippen molar-refractivity contribution in [1.29, 1.82) is 0 Å². The monoisotopic (exact) mass is 209 g/mol. The zero-order valence-electron chi connectivity index (χ0n) is 9.37. The van der Waals surface area contributed by atoms with Crippen LogP contribution < -0.4 is 0 Å². The molecule has 3 heteroatoms. The summed E-state index contributed by atoms with van der Waals surface area (Å²) in [6, 6.07) is -0.0920. The molecule has 1 atom stereocenters. The van der Waals surface area contributed by atoms with Crippen LogP contribution in [-0.4, -0.2) is 29.2 Å². The molecule has 2 rings (SSSR count). The fourth-order valence-electron chi connectivity index (χ4n) is 2.92. The Morgan fingerprint density at radius 2 is 1.73 bits per heavy atom. The number of hydrogen-bond donors (Lipinski definition) is 0. The van der Waals surface area contributed by atoms with E-state index in [-0.39, 0.29) is 17.9 Å². The van der Waals surface area contributed by atoms with Gasteiger partial charge in [-0.1, -0.05) is 12.8 Å². The molecule has 0 aromatic rings. The highest BCUT2D eigenvalue weighted by atomic mass is 16.2. The maximum atomic E-state index is 12.2. The third-order valence-electron chi connectivity index (χ3n) is 3.74. The minimum absolute atomic E-state index is 0.0591. The van der Waals surface area contributed by atoms with Crippen LogP contribution >= 0.6 is 0 Å². The zero-order valence-corrected chi connectivity index (χ0v) is 9.37. The molecule has 1 aliphatic carbocycles. The van der Waals surface area contributed by atoms with Crippen molar-refractivity contribution in [3.8, 4) is 0 Å². The van der Waals surface area contributed by atoms with E-state index in [1.807, 2.05) is 0 Å². The number of Topliss-reactive ketones (excluding diaryl/α,β-unsaturated/α-hetero) is 1. The van der Waals surface area contributed by atoms with Gasteiger partial charge in [0.05, 0.1) is 6.04 Å². The quantitative estimate of drug-likeness (QED) is 0.695. The first-order chi connectivity index (χ1) is 7.20. The van der Waals surface area contributed by atoms with Crippen LogP contribution in [0.3, 0.4) is 0 Å². The molecule has 1 amide bonds. The van der Waals surface area contributed by atoms with Crippen LogP contribution in [0.1, 0.15) is 45.4 Å². The van der Waals surface area contributed by atoms with E-state index in [2.05, 4.69) is 0 Å². The molecule has 0 radical (unpaired) electrons. The van der Waals surface area contributed by atoms with E-state index in [0.717, 1.165) is 32.2 Å². The van der Waals surface area contributed by atoms with Crippen LogP contribution in [0.2, 0.25) is 0 Å². The summed E-state index contributed by atoms with van der Waals surface area (Å²) in [7, 11) is 0. The number of carbonyl (C=O) groups is 2. The second-order valence-corrected chi connectivity index (χ2v) is 4.75. The molecule has 0 N–H and O–H groups in total. The fourth-order valence-corrected chi connectivity index (χ4v) is 2.92. The highest BCUT2D eigenvalue weighted by Crippen LogP contribution is 2.30. The molecular formula is C12H19NO2. The van der Waals surface area contributed by atoms with E-state index in [1.54, 1.807) is 11.8 Å². The van der Waals surface area contributed by atoms with E-state index < -0.39 is 0 Å². The number of likely N-dealkylation sites (tertiary alicyclic amines) is 1. The van der Waals surface area contributed by atoms with Gasteiger partial charge in [-0.3, -0.25) is 9.59 Å². The standard InChI is InChI=1S/C12H19NO2/c1-9(14)13-8-4-7-11(13)12(15)10-5-2-3-6-10/h10-11H,2-8H2,1H3. The second-order valence-electron chi connectivity index (χ2n) is 4.75. The number of ketones is 1. The molecule has 15 heavy (non-hydrogen) atoms. The summed E-state index contributed by atoms with van der Waals surface area (Å²) in [4.78, 5) is 25.3. The summed E-state index contributed by atoms with van der Waals surface area (Å²) in [5, 5.41) is 0. The number of rotatable bonds is 2. The van der Waals surface area contributed by atoms with E-state index in [9.17, 15) is 9.59 Å². The van der Waals surface area contributed by atoms with Crippen molar-refractivity contribution in [2.24, 2.45) is 5.92 Å². The predicted molar refractivity (Wildman–Crippen MR) is 57.4 cm³/mol. The third-order valence-corrected chi connectivity index (χ3v) is 3.74. The van der Waals surface area contributed by atoms with Gasteiger partial charge in [0.15, 0.2) is 5.78 Å². The lowest BCUT2D eigenvalue weighted by Gasteiger charge is -2.24. The lowest BCUT2D eigenvalue weighted by Crippen LogP contribution is -2.41. The Hall–Kier alpha value is -0.860. The molecule has 0 aromatic carbocycles. The van der Waals surface area contributed by atoms with Crippen molar-refractivity contribution in [3.05, 3.63) is 0 Å². The molecule has 2 fully saturated rings. The normalized spacial score (nSPS) is 27.3. The number of amides is 1. The molecule has 0 bridgehead atoms. The molecule has 1 unspecified atom stereocenters. The maximum absolute atomic E-state index is 12.2. The van der Waals surface area contributed by atoms with Crippen LogP contribution in [0.5, 0.6) is 0 Å². The Kier molecular flexibility index (Phi) is 3.08. The molecule has 1 saturated carbocycles. The van der Waals surface area contributed by atoms with Gasteiger partial charge >= 0.3 is 0 Å². The topological polar surface area (TPSA) is 37.4 Å². The van der Waals surface area contributed by atoms with Gasteiger partial charge in [0, 0.05) is 19.4 Å². The number of carbonyl (C=O) groups excluding carboxylic acids is 2. The summed E-state index contributed by atoms with van der Waals surface area (Å²) in [6.07, 6.45) is 6.33. The van der Waals surface area contributed by atoms with E-state index in [0.29, 0.717) is 5.78 Å². The zero-order chi connectivity index (χ0) is 10.8. The Morgan fingerprint density at radius 1 is 1.07 bits per heavy atom. The van der Waals surface area contributed by atoms with Gasteiger partial charge < -0.3 is 4.90 Å². The summed E-state index contributed by atoms with van der Waals surface area (Å²) in [6.45, 7) is 2.35. The molecule has 0 aromatic heterocycles. The van der Waals surface area contributed by atoms with Crippen LogP contribution in [0, 0.1) is 5.92 Å². The van der Waals surface area contributed by atoms with Gasteiger partial charge in [0.25, 0.3) is 0 Å². The fraction of sp³-hybridized carbons (Fsp3) is 0.833. The number of hydrogen-bond acceptors (Lipinski definition) is 2. The third kappa shape index (κ3) is 2.06. The first kappa shape index (κ1) is 10.7. The van der Waals surface area contributed by atoms with Crippen molar-refractivity contribution >= 4 is 11.7 Å². The Morgan fingerprint density at radius 3 is 2.33 bits per heavy atom. The molecule has 1 saturated heterocycles. The van der Waals surface area contributed by atoms with Crippen LogP contribution in [0.25, 0.3) is 0 Å². The molecule has 1 heterocycles. The Labute approximate surface area is 90.8 Å². The van der Waals surface area contributed by atoms with Crippen molar-refractivity contribution in [2.75, 3.05) is 6.54 Å². The summed E-state index contributed by atoms with van der Waals surface area (Å²) in [5.74, 6) is 0.638. The minimum atomic E-state index is -0.0920. The van der Waals surface area contributed by atoms with E-state index in [1.165, 1.54) is 12.8 Å². The first-order valence-electron chi connectivity index (χ1n) is 6.01. The minimum Gasteiger partial charge on any atom is -0.333 e.